The molecule has 0 bridgehead atoms. The molecule has 1 heterocycles. The second-order valence-corrected chi connectivity index (χ2v) is 3.16. The van der Waals surface area contributed by atoms with Crippen LogP contribution in [-0.2, 0) is 0 Å². The molecule has 0 aliphatic rings. The molecule has 0 aliphatic carbocycles. The highest BCUT2D eigenvalue weighted by Crippen LogP contribution is 2.29. The van der Waals surface area contributed by atoms with Crippen LogP contribution in [-0.4, -0.2) is 17.3 Å². The number of carbonyl (C=O) groups is 1. The van der Waals surface area contributed by atoms with Gasteiger partial charge in [-0.05, 0) is 30.2 Å². The quantitative estimate of drug-likeness (QED) is 0.756. The van der Waals surface area contributed by atoms with Crippen LogP contribution in [0.3, 0.4) is 0 Å². The summed E-state index contributed by atoms with van der Waals surface area (Å²) >= 11 is 5.19. The van der Waals surface area contributed by atoms with Crippen molar-refractivity contribution >= 4 is 16.8 Å². The Balaban J connectivity index is 3.37. The zero-order valence-electron chi connectivity index (χ0n) is 8.05. The maximum Gasteiger partial charge on any atom is 0.284 e. The minimum absolute atomic E-state index is 0.0517. The highest BCUT2D eigenvalue weighted by molar-refractivity contribution is 6.67. The summed E-state index contributed by atoms with van der Waals surface area (Å²) in [7, 11) is 1.25. The van der Waals surface area contributed by atoms with Crippen molar-refractivity contribution in [3.8, 4) is 5.75 Å². The fraction of sp³-hybridized carbons (Fsp3) is 0.333. The average molecular weight is 236 g/mol. The molecule has 0 aliphatic heterocycles. The molecule has 0 N–H and O–H groups in total. The first-order chi connectivity index (χ1) is 6.97. The fourth-order valence-electron chi connectivity index (χ4n) is 1.12. The Morgan fingerprint density at radius 1 is 1.60 bits per heavy atom. The molecule has 3 nitrogen and oxygen atoms in total. The van der Waals surface area contributed by atoms with Crippen molar-refractivity contribution in [2.45, 2.75) is 13.3 Å². The van der Waals surface area contributed by atoms with Gasteiger partial charge in [0.2, 0.25) is 0 Å². The second kappa shape index (κ2) is 4.53. The van der Waals surface area contributed by atoms with Crippen molar-refractivity contribution in [2.24, 2.45) is 0 Å². The Hall–Kier alpha value is -1.23. The van der Waals surface area contributed by atoms with E-state index in [1.807, 2.05) is 0 Å². The molecule has 0 atom stereocenters. The van der Waals surface area contributed by atoms with Crippen molar-refractivity contribution in [1.82, 2.24) is 4.98 Å². The van der Waals surface area contributed by atoms with E-state index in [9.17, 15) is 13.6 Å². The molecule has 1 rings (SSSR count). The molecule has 82 valence electrons. The number of pyridine rings is 1. The van der Waals surface area contributed by atoms with Gasteiger partial charge in [-0.25, -0.2) is 13.8 Å². The minimum atomic E-state index is -2.81. The fourth-order valence-corrected chi connectivity index (χ4v) is 1.31. The van der Waals surface area contributed by atoms with Gasteiger partial charge in [-0.15, -0.1) is 0 Å². The smallest absolute Gasteiger partial charge is 0.284 e. The third kappa shape index (κ3) is 2.41. The van der Waals surface area contributed by atoms with Crippen LogP contribution in [0.5, 0.6) is 5.75 Å². The number of aromatic nitrogens is 1. The predicted molar refractivity (Wildman–Crippen MR) is 50.7 cm³/mol. The van der Waals surface area contributed by atoms with Gasteiger partial charge in [-0.2, -0.15) is 0 Å². The maximum absolute atomic E-state index is 12.5. The van der Waals surface area contributed by atoms with Gasteiger partial charge in [0.05, 0.1) is 7.11 Å². The largest absolute Gasteiger partial charge is 0.495 e. The molecule has 0 amide bonds. The molecule has 0 saturated carbocycles. The molecule has 0 fully saturated rings. The van der Waals surface area contributed by atoms with Gasteiger partial charge in [0.1, 0.15) is 17.1 Å². The number of ether oxygens (including phenoxy) is 1. The second-order valence-electron chi connectivity index (χ2n) is 2.82. The minimum Gasteiger partial charge on any atom is -0.495 e. The molecular formula is C9H8ClF2NO2. The summed E-state index contributed by atoms with van der Waals surface area (Å²) in [4.78, 5) is 14.3. The van der Waals surface area contributed by atoms with Crippen molar-refractivity contribution in [3.05, 3.63) is 23.0 Å². The third-order valence-corrected chi connectivity index (χ3v) is 2.00. The van der Waals surface area contributed by atoms with Crippen LogP contribution >= 0.6 is 11.6 Å². The molecule has 0 spiro atoms. The number of alkyl halides is 2. The molecule has 0 saturated heterocycles. The summed E-state index contributed by atoms with van der Waals surface area (Å²) < 4.78 is 29.7. The van der Waals surface area contributed by atoms with E-state index < -0.39 is 17.4 Å². The summed E-state index contributed by atoms with van der Waals surface area (Å²) in [6.07, 6.45) is -2.81. The highest BCUT2D eigenvalue weighted by atomic mass is 35.5. The van der Waals surface area contributed by atoms with Gasteiger partial charge in [0.25, 0.3) is 11.7 Å². The number of nitrogens with zero attached hydrogens (tertiary/aromatic N) is 1. The van der Waals surface area contributed by atoms with Crippen LogP contribution in [0.15, 0.2) is 6.07 Å². The summed E-state index contributed by atoms with van der Waals surface area (Å²) in [5, 5.41) is -0.864. The van der Waals surface area contributed by atoms with E-state index in [0.717, 1.165) is 0 Å². The maximum atomic E-state index is 12.5. The predicted octanol–water partition coefficient (Wildman–Crippen LogP) is 2.72. The molecule has 15 heavy (non-hydrogen) atoms. The number of aryl methyl sites for hydroxylation is 1. The van der Waals surface area contributed by atoms with Crippen molar-refractivity contribution in [3.63, 3.8) is 0 Å². The van der Waals surface area contributed by atoms with E-state index >= 15 is 0 Å². The van der Waals surface area contributed by atoms with Crippen LogP contribution in [0.4, 0.5) is 8.78 Å². The lowest BCUT2D eigenvalue weighted by Crippen LogP contribution is -2.05. The van der Waals surface area contributed by atoms with Gasteiger partial charge in [-0.3, -0.25) is 4.79 Å². The highest BCUT2D eigenvalue weighted by Gasteiger charge is 2.20. The number of carbonyl (C=O) groups excluding carboxylic acids is 1. The molecular weight excluding hydrogens is 228 g/mol. The normalized spacial score (nSPS) is 10.5. The topological polar surface area (TPSA) is 39.2 Å². The summed E-state index contributed by atoms with van der Waals surface area (Å²) in [5.74, 6) is -0.0517. The standard InChI is InChI=1S/C9H8ClF2NO2/c1-4-3-5(15-2)7(9(11)12)13-6(4)8(10)14/h3,9H,1-2H3. The van der Waals surface area contributed by atoms with Crippen molar-refractivity contribution in [1.29, 1.82) is 0 Å². The Bertz CT molecular complexity index is 396. The van der Waals surface area contributed by atoms with E-state index in [1.54, 1.807) is 6.92 Å². The SMILES string of the molecule is COc1cc(C)c(C(=O)Cl)nc1C(F)F. The lowest BCUT2D eigenvalue weighted by Gasteiger charge is -2.09. The Labute approximate surface area is 90.0 Å². The zero-order valence-corrected chi connectivity index (χ0v) is 8.81. The summed E-state index contributed by atoms with van der Waals surface area (Å²) in [6.45, 7) is 1.54. The molecule has 0 radical (unpaired) electrons. The van der Waals surface area contributed by atoms with Crippen molar-refractivity contribution in [2.75, 3.05) is 7.11 Å². The van der Waals surface area contributed by atoms with Crippen LogP contribution in [0.2, 0.25) is 0 Å². The van der Waals surface area contributed by atoms with Gasteiger partial charge in [0, 0.05) is 0 Å². The number of methoxy groups -OCH3 is 1. The van der Waals surface area contributed by atoms with Gasteiger partial charge in [0.15, 0.2) is 0 Å². The van der Waals surface area contributed by atoms with E-state index in [-0.39, 0.29) is 11.4 Å². The number of rotatable bonds is 3. The van der Waals surface area contributed by atoms with Gasteiger partial charge >= 0.3 is 0 Å². The van der Waals surface area contributed by atoms with Crippen LogP contribution in [0.25, 0.3) is 0 Å². The van der Waals surface area contributed by atoms with Crippen molar-refractivity contribution < 1.29 is 18.3 Å². The Morgan fingerprint density at radius 3 is 2.60 bits per heavy atom. The van der Waals surface area contributed by atoms with Crippen LogP contribution in [0, 0.1) is 6.92 Å². The van der Waals surface area contributed by atoms with Gasteiger partial charge in [-0.1, -0.05) is 0 Å². The molecule has 6 heteroatoms. The van der Waals surface area contributed by atoms with E-state index in [0.29, 0.717) is 5.56 Å². The van der Waals surface area contributed by atoms with Crippen LogP contribution < -0.4 is 4.74 Å². The van der Waals surface area contributed by atoms with E-state index in [2.05, 4.69) is 4.98 Å². The number of halogens is 3. The average Bonchev–Trinajstić information content (AvgIpc) is 2.16. The molecule has 0 aromatic carbocycles. The number of hydrogen-bond donors (Lipinski definition) is 0. The first-order valence-electron chi connectivity index (χ1n) is 4.01. The lowest BCUT2D eigenvalue weighted by atomic mass is 10.2. The Morgan fingerprint density at radius 2 is 2.20 bits per heavy atom. The molecule has 1 aromatic heterocycles. The monoisotopic (exact) mass is 235 g/mol. The lowest BCUT2D eigenvalue weighted by molar-refractivity contribution is 0.107. The third-order valence-electron chi connectivity index (χ3n) is 1.82. The van der Waals surface area contributed by atoms with Gasteiger partial charge < -0.3 is 4.74 Å². The summed E-state index contributed by atoms with van der Waals surface area (Å²) in [6, 6.07) is 1.31. The molecule has 0 unspecified atom stereocenters. The Kier molecular flexibility index (Phi) is 3.57. The first kappa shape index (κ1) is 11.8. The zero-order chi connectivity index (χ0) is 11.6. The molecule has 1 aromatic rings. The van der Waals surface area contributed by atoms with Crippen LogP contribution in [0.1, 0.15) is 28.2 Å². The summed E-state index contributed by atoms with van der Waals surface area (Å²) in [5.41, 5.74) is -0.351. The van der Waals surface area contributed by atoms with E-state index in [4.69, 9.17) is 16.3 Å². The first-order valence-corrected chi connectivity index (χ1v) is 4.38. The van der Waals surface area contributed by atoms with E-state index in [1.165, 1.54) is 13.2 Å². The number of hydrogen-bond acceptors (Lipinski definition) is 3.